The summed E-state index contributed by atoms with van der Waals surface area (Å²) in [7, 11) is 1.53. The summed E-state index contributed by atoms with van der Waals surface area (Å²) in [5, 5.41) is 0. The predicted octanol–water partition coefficient (Wildman–Crippen LogP) is 2.07. The van der Waals surface area contributed by atoms with Crippen molar-refractivity contribution in [2.24, 2.45) is 10.7 Å². The van der Waals surface area contributed by atoms with Crippen molar-refractivity contribution in [2.75, 3.05) is 20.3 Å². The van der Waals surface area contributed by atoms with Crippen LogP contribution in [0, 0.1) is 5.82 Å². The molecule has 1 aliphatic heterocycles. The number of amides is 2. The number of hydrogen-bond donors (Lipinski definition) is 1. The van der Waals surface area contributed by atoms with Crippen LogP contribution in [0.3, 0.4) is 0 Å². The number of rotatable bonds is 4. The second kappa shape index (κ2) is 5.66. The van der Waals surface area contributed by atoms with E-state index in [0.29, 0.717) is 23.2 Å². The van der Waals surface area contributed by atoms with Gasteiger partial charge in [0.05, 0.1) is 6.61 Å². The summed E-state index contributed by atoms with van der Waals surface area (Å²) < 4.78 is 19.6. The lowest BCUT2D eigenvalue weighted by Crippen LogP contribution is -2.36. The number of urea groups is 1. The third-order valence-electron chi connectivity index (χ3n) is 2.85. The Morgan fingerprint density at radius 2 is 2.32 bits per heavy atom. The predicted molar refractivity (Wildman–Crippen MR) is 72.4 cm³/mol. The van der Waals surface area contributed by atoms with Gasteiger partial charge >= 0.3 is 6.03 Å². The van der Waals surface area contributed by atoms with E-state index in [-0.39, 0.29) is 5.84 Å². The van der Waals surface area contributed by atoms with Gasteiger partial charge in [0.2, 0.25) is 0 Å². The van der Waals surface area contributed by atoms with Crippen LogP contribution >= 0.6 is 15.9 Å². The number of halogens is 2. The van der Waals surface area contributed by atoms with Crippen LogP contribution in [0.5, 0.6) is 0 Å². The molecular formula is C12H13BrFN3O2. The second-order valence-electron chi connectivity index (χ2n) is 4.07. The maximum Gasteiger partial charge on any atom is 0.346 e. The van der Waals surface area contributed by atoms with Gasteiger partial charge in [-0.05, 0) is 18.2 Å². The fourth-order valence-electron chi connectivity index (χ4n) is 1.97. The summed E-state index contributed by atoms with van der Waals surface area (Å²) in [6, 6.07) is 3.35. The van der Waals surface area contributed by atoms with Crippen LogP contribution in [0.1, 0.15) is 11.6 Å². The van der Waals surface area contributed by atoms with Gasteiger partial charge in [0.1, 0.15) is 17.7 Å². The molecule has 0 aliphatic carbocycles. The summed E-state index contributed by atoms with van der Waals surface area (Å²) >= 11 is 3.28. The molecule has 5 nitrogen and oxygen atoms in total. The van der Waals surface area contributed by atoms with E-state index < -0.39 is 17.9 Å². The molecular weight excluding hydrogens is 317 g/mol. The van der Waals surface area contributed by atoms with Gasteiger partial charge in [0.25, 0.3) is 0 Å². The molecule has 0 aromatic heterocycles. The SMILES string of the molecule is COCCN1C(=O)N=C(N)C1c1cc(Br)ccc1F. The molecule has 1 aromatic rings. The van der Waals surface area contributed by atoms with E-state index in [9.17, 15) is 9.18 Å². The molecule has 1 heterocycles. The Kier molecular flexibility index (Phi) is 4.16. The van der Waals surface area contributed by atoms with Crippen molar-refractivity contribution < 1.29 is 13.9 Å². The first kappa shape index (κ1) is 14.0. The topological polar surface area (TPSA) is 67.9 Å². The van der Waals surface area contributed by atoms with E-state index in [1.54, 1.807) is 12.1 Å². The molecule has 0 fully saturated rings. The molecule has 7 heteroatoms. The van der Waals surface area contributed by atoms with Crippen molar-refractivity contribution in [3.8, 4) is 0 Å². The Morgan fingerprint density at radius 1 is 1.58 bits per heavy atom. The van der Waals surface area contributed by atoms with Gasteiger partial charge in [0, 0.05) is 23.7 Å². The quantitative estimate of drug-likeness (QED) is 0.919. The number of carbonyl (C=O) groups is 1. The van der Waals surface area contributed by atoms with E-state index >= 15 is 0 Å². The first-order valence-electron chi connectivity index (χ1n) is 5.63. The first-order valence-corrected chi connectivity index (χ1v) is 6.42. The zero-order chi connectivity index (χ0) is 14.0. The molecule has 0 radical (unpaired) electrons. The zero-order valence-electron chi connectivity index (χ0n) is 10.3. The summed E-state index contributed by atoms with van der Waals surface area (Å²) in [4.78, 5) is 16.8. The van der Waals surface area contributed by atoms with Crippen LogP contribution in [0.25, 0.3) is 0 Å². The Labute approximate surface area is 118 Å². The van der Waals surface area contributed by atoms with Gasteiger partial charge in [-0.25, -0.2) is 9.18 Å². The van der Waals surface area contributed by atoms with E-state index in [0.717, 1.165) is 0 Å². The lowest BCUT2D eigenvalue weighted by molar-refractivity contribution is 0.150. The number of benzene rings is 1. The smallest absolute Gasteiger partial charge is 0.346 e. The fraction of sp³-hybridized carbons (Fsp3) is 0.333. The summed E-state index contributed by atoms with van der Waals surface area (Å²) in [5.74, 6) is -0.332. The summed E-state index contributed by atoms with van der Waals surface area (Å²) in [6.07, 6.45) is 0. The molecule has 2 amide bonds. The summed E-state index contributed by atoms with van der Waals surface area (Å²) in [6.45, 7) is 0.636. The number of hydrogen-bond acceptors (Lipinski definition) is 3. The molecule has 0 saturated heterocycles. The Hall–Kier alpha value is -1.47. The molecule has 2 N–H and O–H groups in total. The maximum atomic E-state index is 13.9. The summed E-state index contributed by atoms with van der Waals surface area (Å²) in [5.41, 5.74) is 6.06. The van der Waals surface area contributed by atoms with Crippen LogP contribution < -0.4 is 5.73 Å². The van der Waals surface area contributed by atoms with Crippen molar-refractivity contribution in [1.29, 1.82) is 0 Å². The molecule has 1 unspecified atom stereocenters. The van der Waals surface area contributed by atoms with Gasteiger partial charge in [0.15, 0.2) is 0 Å². The third-order valence-corrected chi connectivity index (χ3v) is 3.34. The van der Waals surface area contributed by atoms with E-state index in [4.69, 9.17) is 10.5 Å². The lowest BCUT2D eigenvalue weighted by atomic mass is 10.0. The van der Waals surface area contributed by atoms with E-state index in [1.807, 2.05) is 0 Å². The number of nitrogens with zero attached hydrogens (tertiary/aromatic N) is 2. The fourth-order valence-corrected chi connectivity index (χ4v) is 2.35. The van der Waals surface area contributed by atoms with Crippen LogP contribution in [0.2, 0.25) is 0 Å². The van der Waals surface area contributed by atoms with E-state index in [2.05, 4.69) is 20.9 Å². The van der Waals surface area contributed by atoms with Crippen molar-refractivity contribution in [2.45, 2.75) is 6.04 Å². The van der Waals surface area contributed by atoms with Crippen molar-refractivity contribution >= 4 is 27.8 Å². The molecule has 1 atom stereocenters. The minimum absolute atomic E-state index is 0.0955. The Morgan fingerprint density at radius 3 is 3.00 bits per heavy atom. The largest absolute Gasteiger partial charge is 0.385 e. The monoisotopic (exact) mass is 329 g/mol. The highest BCUT2D eigenvalue weighted by atomic mass is 79.9. The van der Waals surface area contributed by atoms with Gasteiger partial charge < -0.3 is 15.4 Å². The Bertz CT molecular complexity index is 536. The zero-order valence-corrected chi connectivity index (χ0v) is 11.9. The number of nitrogens with two attached hydrogens (primary N) is 1. The third kappa shape index (κ3) is 2.76. The highest BCUT2D eigenvalue weighted by molar-refractivity contribution is 9.10. The van der Waals surface area contributed by atoms with Gasteiger partial charge in [-0.2, -0.15) is 4.99 Å². The Balaban J connectivity index is 2.36. The molecule has 1 aliphatic rings. The van der Waals surface area contributed by atoms with Crippen molar-refractivity contribution in [1.82, 2.24) is 4.90 Å². The van der Waals surface area contributed by atoms with Crippen LogP contribution in [0.4, 0.5) is 9.18 Å². The van der Waals surface area contributed by atoms with Crippen molar-refractivity contribution in [3.05, 3.63) is 34.1 Å². The molecule has 102 valence electrons. The molecule has 0 spiro atoms. The minimum atomic E-state index is -0.680. The lowest BCUT2D eigenvalue weighted by Gasteiger charge is -2.24. The highest BCUT2D eigenvalue weighted by Gasteiger charge is 2.35. The van der Waals surface area contributed by atoms with Gasteiger partial charge in [-0.3, -0.25) is 0 Å². The van der Waals surface area contributed by atoms with E-state index in [1.165, 1.54) is 18.1 Å². The highest BCUT2D eigenvalue weighted by Crippen LogP contribution is 2.30. The number of methoxy groups -OCH3 is 1. The minimum Gasteiger partial charge on any atom is -0.385 e. The number of amidine groups is 1. The van der Waals surface area contributed by atoms with Crippen molar-refractivity contribution in [3.63, 3.8) is 0 Å². The van der Waals surface area contributed by atoms with Crippen LogP contribution in [0.15, 0.2) is 27.7 Å². The normalized spacial score (nSPS) is 18.9. The maximum absolute atomic E-state index is 13.9. The molecule has 0 saturated carbocycles. The number of ether oxygens (including phenoxy) is 1. The van der Waals surface area contributed by atoms with Crippen LogP contribution in [-0.2, 0) is 4.74 Å². The second-order valence-corrected chi connectivity index (χ2v) is 4.99. The molecule has 0 bridgehead atoms. The van der Waals surface area contributed by atoms with Gasteiger partial charge in [-0.15, -0.1) is 0 Å². The van der Waals surface area contributed by atoms with Gasteiger partial charge in [-0.1, -0.05) is 15.9 Å². The first-order chi connectivity index (χ1) is 9.04. The molecule has 2 rings (SSSR count). The van der Waals surface area contributed by atoms with Crippen LogP contribution in [-0.4, -0.2) is 37.0 Å². The average molecular weight is 330 g/mol. The molecule has 19 heavy (non-hydrogen) atoms. The standard InChI is InChI=1S/C12H13BrFN3O2/c1-19-5-4-17-10(11(15)16-12(17)18)8-6-7(13)2-3-9(8)14/h2-3,6,10H,4-5H2,1H3,(H2,15,16,18). The molecule has 1 aromatic carbocycles. The average Bonchev–Trinajstić information content (AvgIpc) is 2.64. The number of aliphatic imine (C=N–C) groups is 1. The number of carbonyl (C=O) groups excluding carboxylic acids is 1.